The maximum absolute atomic E-state index is 12.4. The molecule has 0 N–H and O–H groups in total. The molecule has 13 heavy (non-hydrogen) atoms. The van der Waals surface area contributed by atoms with Crippen LogP contribution in [0.2, 0.25) is 0 Å². The molecule has 1 aromatic rings. The highest BCUT2D eigenvalue weighted by molar-refractivity contribution is 9.10. The zero-order valence-electron chi connectivity index (χ0n) is 6.60. The number of nitrogens with zero attached hydrogens (tertiary/aromatic N) is 1. The lowest BCUT2D eigenvalue weighted by molar-refractivity contribution is 0.150. The van der Waals surface area contributed by atoms with Crippen LogP contribution in [0.15, 0.2) is 22.7 Å². The van der Waals surface area contributed by atoms with E-state index >= 15 is 0 Å². The molecule has 0 saturated carbocycles. The van der Waals surface area contributed by atoms with Crippen molar-refractivity contribution in [2.45, 2.75) is 12.8 Å². The molecule has 0 saturated heterocycles. The number of halogens is 3. The molecule has 0 fully saturated rings. The molecule has 0 radical (unpaired) electrons. The Morgan fingerprint density at radius 1 is 1.46 bits per heavy atom. The first kappa shape index (κ1) is 10.1. The topological polar surface area (TPSA) is 23.8 Å². The highest BCUT2D eigenvalue weighted by atomic mass is 79.9. The van der Waals surface area contributed by atoms with Crippen LogP contribution in [0, 0.1) is 11.3 Å². The fraction of sp³-hybridized carbons (Fsp3) is 0.222. The lowest BCUT2D eigenvalue weighted by atomic mass is 10.1. The molecule has 0 aliphatic rings. The second-order valence-corrected chi connectivity index (χ2v) is 3.30. The number of hydrogen-bond acceptors (Lipinski definition) is 1. The number of hydrogen-bond donors (Lipinski definition) is 0. The fourth-order valence-electron chi connectivity index (χ4n) is 1.05. The van der Waals surface area contributed by atoms with Gasteiger partial charge in [0.15, 0.2) is 0 Å². The minimum absolute atomic E-state index is 0.00109. The molecule has 0 amide bonds. The molecule has 1 nitrogen and oxygen atoms in total. The Hall–Kier alpha value is -0.950. The summed E-state index contributed by atoms with van der Waals surface area (Å²) >= 11 is 3.13. The minimum atomic E-state index is -2.53. The standard InChI is InChI=1S/C9H6BrF2N/c10-8-3-1-2-7(9(11)12)6(8)4-5-13/h1-3,9H,4H2. The lowest BCUT2D eigenvalue weighted by Gasteiger charge is -2.06. The number of nitriles is 1. The second kappa shape index (κ2) is 4.33. The third kappa shape index (κ3) is 2.25. The van der Waals surface area contributed by atoms with Crippen LogP contribution in [0.25, 0.3) is 0 Å². The minimum Gasteiger partial charge on any atom is -0.205 e. The zero-order chi connectivity index (χ0) is 9.84. The Morgan fingerprint density at radius 3 is 2.69 bits per heavy atom. The monoisotopic (exact) mass is 245 g/mol. The van der Waals surface area contributed by atoms with Gasteiger partial charge in [0, 0.05) is 10.0 Å². The normalized spacial score (nSPS) is 10.1. The van der Waals surface area contributed by atoms with Crippen molar-refractivity contribution in [2.24, 2.45) is 0 Å². The van der Waals surface area contributed by atoms with Gasteiger partial charge in [-0.3, -0.25) is 0 Å². The average Bonchev–Trinajstić information content (AvgIpc) is 2.08. The van der Waals surface area contributed by atoms with Crippen molar-refractivity contribution in [1.29, 1.82) is 5.26 Å². The Morgan fingerprint density at radius 2 is 2.15 bits per heavy atom. The molecule has 1 aromatic carbocycles. The van der Waals surface area contributed by atoms with Crippen LogP contribution < -0.4 is 0 Å². The summed E-state index contributed by atoms with van der Waals surface area (Å²) in [5.74, 6) is 0. The summed E-state index contributed by atoms with van der Waals surface area (Å²) in [6.45, 7) is 0. The molecule has 0 aliphatic heterocycles. The highest BCUT2D eigenvalue weighted by Crippen LogP contribution is 2.28. The molecule has 0 aliphatic carbocycles. The molecule has 0 unspecified atom stereocenters. The van der Waals surface area contributed by atoms with Gasteiger partial charge in [-0.2, -0.15) is 5.26 Å². The summed E-state index contributed by atoms with van der Waals surface area (Å²) in [5, 5.41) is 8.43. The van der Waals surface area contributed by atoms with Crippen LogP contribution in [0.3, 0.4) is 0 Å². The van der Waals surface area contributed by atoms with E-state index in [1.54, 1.807) is 6.07 Å². The molecule has 1 rings (SSSR count). The average molecular weight is 246 g/mol. The van der Waals surface area contributed by atoms with Crippen LogP contribution in [0.1, 0.15) is 17.6 Å². The van der Waals surface area contributed by atoms with Gasteiger partial charge < -0.3 is 0 Å². The summed E-state index contributed by atoms with van der Waals surface area (Å²) in [6, 6.07) is 6.38. The Labute approximate surface area is 83.1 Å². The molecule has 0 spiro atoms. The van der Waals surface area contributed by atoms with Crippen molar-refractivity contribution in [3.05, 3.63) is 33.8 Å². The van der Waals surface area contributed by atoms with Gasteiger partial charge in [-0.25, -0.2) is 8.78 Å². The number of alkyl halides is 2. The van der Waals surface area contributed by atoms with Gasteiger partial charge in [0.25, 0.3) is 6.43 Å². The molecule has 0 atom stereocenters. The van der Waals surface area contributed by atoms with Crippen LogP contribution in [0.5, 0.6) is 0 Å². The van der Waals surface area contributed by atoms with Gasteiger partial charge in [-0.05, 0) is 11.6 Å². The second-order valence-electron chi connectivity index (χ2n) is 2.44. The quantitative estimate of drug-likeness (QED) is 0.783. The highest BCUT2D eigenvalue weighted by Gasteiger charge is 2.14. The Bertz CT molecular complexity index is 344. The summed E-state index contributed by atoms with van der Waals surface area (Å²) < 4.78 is 25.4. The molecule has 0 aromatic heterocycles. The SMILES string of the molecule is N#CCc1c(Br)cccc1C(F)F. The van der Waals surface area contributed by atoms with Gasteiger partial charge in [0.1, 0.15) is 0 Å². The predicted molar refractivity (Wildman–Crippen MR) is 48.4 cm³/mol. The van der Waals surface area contributed by atoms with E-state index in [1.165, 1.54) is 12.1 Å². The van der Waals surface area contributed by atoms with E-state index in [0.29, 0.717) is 10.0 Å². The van der Waals surface area contributed by atoms with Gasteiger partial charge in [0.05, 0.1) is 12.5 Å². The molecule has 68 valence electrons. The van der Waals surface area contributed by atoms with Crippen molar-refractivity contribution in [3.63, 3.8) is 0 Å². The molecule has 0 heterocycles. The maximum atomic E-state index is 12.4. The lowest BCUT2D eigenvalue weighted by Crippen LogP contribution is -1.94. The van der Waals surface area contributed by atoms with Crippen LogP contribution in [0.4, 0.5) is 8.78 Å². The van der Waals surface area contributed by atoms with Crippen molar-refractivity contribution in [2.75, 3.05) is 0 Å². The maximum Gasteiger partial charge on any atom is 0.264 e. The Balaban J connectivity index is 3.19. The first-order chi connectivity index (χ1) is 6.16. The summed E-state index contributed by atoms with van der Waals surface area (Å²) in [5.41, 5.74) is 0.302. The Kier molecular flexibility index (Phi) is 3.38. The van der Waals surface area contributed by atoms with Gasteiger partial charge in [-0.15, -0.1) is 0 Å². The third-order valence-corrected chi connectivity index (χ3v) is 2.39. The third-order valence-electron chi connectivity index (χ3n) is 1.65. The van der Waals surface area contributed by atoms with Crippen molar-refractivity contribution < 1.29 is 8.78 Å². The van der Waals surface area contributed by atoms with E-state index in [2.05, 4.69) is 15.9 Å². The van der Waals surface area contributed by atoms with Crippen molar-refractivity contribution in [3.8, 4) is 6.07 Å². The first-order valence-corrected chi connectivity index (χ1v) is 4.38. The predicted octanol–water partition coefficient (Wildman–Crippen LogP) is 3.45. The van der Waals surface area contributed by atoms with Crippen molar-refractivity contribution >= 4 is 15.9 Å². The van der Waals surface area contributed by atoms with Crippen molar-refractivity contribution in [1.82, 2.24) is 0 Å². The van der Waals surface area contributed by atoms with E-state index in [1.807, 2.05) is 6.07 Å². The van der Waals surface area contributed by atoms with E-state index in [4.69, 9.17) is 5.26 Å². The summed E-state index contributed by atoms with van der Waals surface area (Å²) in [6.07, 6.45) is -2.53. The number of benzene rings is 1. The first-order valence-electron chi connectivity index (χ1n) is 3.59. The molecule has 4 heteroatoms. The fourth-order valence-corrected chi connectivity index (χ4v) is 1.57. The van der Waals surface area contributed by atoms with Gasteiger partial charge >= 0.3 is 0 Å². The number of rotatable bonds is 2. The van der Waals surface area contributed by atoms with Crippen LogP contribution >= 0.6 is 15.9 Å². The van der Waals surface area contributed by atoms with Gasteiger partial charge in [-0.1, -0.05) is 28.1 Å². The zero-order valence-corrected chi connectivity index (χ0v) is 8.18. The van der Waals surface area contributed by atoms with Crippen LogP contribution in [-0.2, 0) is 6.42 Å². The van der Waals surface area contributed by atoms with E-state index in [9.17, 15) is 8.78 Å². The molecule has 0 bridgehead atoms. The van der Waals surface area contributed by atoms with Gasteiger partial charge in [0.2, 0.25) is 0 Å². The van der Waals surface area contributed by atoms with E-state index < -0.39 is 6.43 Å². The largest absolute Gasteiger partial charge is 0.264 e. The molecular weight excluding hydrogens is 240 g/mol. The molecular formula is C9H6BrF2N. The van der Waals surface area contributed by atoms with E-state index in [-0.39, 0.29) is 12.0 Å². The van der Waals surface area contributed by atoms with E-state index in [0.717, 1.165) is 0 Å². The summed E-state index contributed by atoms with van der Waals surface area (Å²) in [7, 11) is 0. The van der Waals surface area contributed by atoms with Crippen LogP contribution in [-0.4, -0.2) is 0 Å². The summed E-state index contributed by atoms with van der Waals surface area (Å²) in [4.78, 5) is 0. The smallest absolute Gasteiger partial charge is 0.205 e.